The van der Waals surface area contributed by atoms with Crippen LogP contribution in [0.4, 0.5) is 23.0 Å². The molecule has 10 nitrogen and oxygen atoms in total. The zero-order valence-corrected chi connectivity index (χ0v) is 20.3. The Morgan fingerprint density at radius 1 is 1.03 bits per heavy atom. The molecule has 3 heterocycles. The minimum absolute atomic E-state index is 0.269. The molecule has 2 aliphatic carbocycles. The van der Waals surface area contributed by atoms with Crippen LogP contribution in [0.15, 0.2) is 48.7 Å². The number of fused-ring (bicyclic) bond motifs is 1. The lowest BCUT2D eigenvalue weighted by atomic mass is 9.92. The fourth-order valence-corrected chi connectivity index (χ4v) is 4.80. The van der Waals surface area contributed by atoms with Crippen LogP contribution in [0.1, 0.15) is 60.6 Å². The number of nitrogens with one attached hydrogen (secondary N) is 3. The van der Waals surface area contributed by atoms with Crippen molar-refractivity contribution in [3.63, 3.8) is 0 Å². The van der Waals surface area contributed by atoms with Gasteiger partial charge in [0, 0.05) is 42.9 Å². The van der Waals surface area contributed by atoms with Crippen molar-refractivity contribution in [3.05, 3.63) is 60.0 Å². The van der Waals surface area contributed by atoms with E-state index in [4.69, 9.17) is 10.8 Å². The lowest BCUT2D eigenvalue weighted by Crippen LogP contribution is -2.33. The maximum atomic E-state index is 13.3. The number of hydrogen-bond donors (Lipinski definition) is 4. The molecule has 2 fully saturated rings. The fraction of sp³-hybridized carbons (Fsp3) is 0.385. The van der Waals surface area contributed by atoms with Crippen LogP contribution in [0.25, 0.3) is 5.65 Å². The third-order valence-corrected chi connectivity index (χ3v) is 7.01. The maximum absolute atomic E-state index is 13.3. The number of benzene rings is 1. The Bertz CT molecular complexity index is 1380. The van der Waals surface area contributed by atoms with Gasteiger partial charge in [-0.1, -0.05) is 18.2 Å². The molecule has 0 spiro atoms. The Morgan fingerprint density at radius 3 is 2.56 bits per heavy atom. The number of aromatic nitrogens is 5. The molecule has 10 heteroatoms. The van der Waals surface area contributed by atoms with Gasteiger partial charge in [-0.2, -0.15) is 5.10 Å². The average Bonchev–Trinajstić information content (AvgIpc) is 3.54. The number of hydrogen-bond acceptors (Lipinski definition) is 7. The first-order valence-electron chi connectivity index (χ1n) is 12.6. The highest BCUT2D eigenvalue weighted by Crippen LogP contribution is 2.40. The van der Waals surface area contributed by atoms with Crippen molar-refractivity contribution in [1.82, 2.24) is 24.4 Å². The van der Waals surface area contributed by atoms with Crippen LogP contribution in [0.3, 0.4) is 0 Å². The summed E-state index contributed by atoms with van der Waals surface area (Å²) in [5, 5.41) is 19.3. The summed E-state index contributed by atoms with van der Waals surface area (Å²) >= 11 is 0. The van der Waals surface area contributed by atoms with E-state index in [-0.39, 0.29) is 18.0 Å². The van der Waals surface area contributed by atoms with Crippen LogP contribution in [0.5, 0.6) is 0 Å². The molecular weight excluding hydrogens is 454 g/mol. The van der Waals surface area contributed by atoms with Crippen molar-refractivity contribution < 1.29 is 4.79 Å². The number of carbonyl (C=O) groups excluding carboxylic acids is 1. The number of para-hydroxylation sites is 1. The Hall–Kier alpha value is -3.92. The highest BCUT2D eigenvalue weighted by atomic mass is 16.2. The Morgan fingerprint density at radius 2 is 1.81 bits per heavy atom. The summed E-state index contributed by atoms with van der Waals surface area (Å²) in [6.07, 6.45) is 7.83. The molecule has 1 amide bonds. The molecule has 6 rings (SSSR count). The normalized spacial score (nSPS) is 19.8. The molecule has 186 valence electrons. The standard InChI is InChI=1S/C26H31N9O/c1-34-24(14-20(32-34)16-7-8-16)31-26(36)22-15-28-25-21(29-18-5-3-2-4-6-18)13-23(33-35(22)25)30-19-11-9-17(27)10-12-19/h2-6,13-17,19,29H,7-12,27H2,1H3,(H,30,33)(H,31,36). The van der Waals surface area contributed by atoms with Crippen molar-refractivity contribution in [2.75, 3.05) is 16.0 Å². The van der Waals surface area contributed by atoms with Crippen molar-refractivity contribution in [1.29, 1.82) is 0 Å². The highest BCUT2D eigenvalue weighted by molar-refractivity contribution is 6.03. The van der Waals surface area contributed by atoms with E-state index >= 15 is 0 Å². The van der Waals surface area contributed by atoms with Crippen LogP contribution in [0.2, 0.25) is 0 Å². The maximum Gasteiger partial charge on any atom is 0.277 e. The van der Waals surface area contributed by atoms with Crippen LogP contribution in [-0.4, -0.2) is 42.4 Å². The number of nitrogens with zero attached hydrogens (tertiary/aromatic N) is 5. The Balaban J connectivity index is 1.32. The largest absolute Gasteiger partial charge is 0.366 e. The molecule has 0 aliphatic heterocycles. The molecule has 0 bridgehead atoms. The van der Waals surface area contributed by atoms with Crippen molar-refractivity contribution in [2.24, 2.45) is 12.8 Å². The van der Waals surface area contributed by atoms with Crippen LogP contribution in [0, 0.1) is 0 Å². The minimum atomic E-state index is -0.285. The molecule has 0 radical (unpaired) electrons. The quantitative estimate of drug-likeness (QED) is 0.311. The Labute approximate surface area is 209 Å². The van der Waals surface area contributed by atoms with Gasteiger partial charge in [0.05, 0.1) is 17.6 Å². The second-order valence-electron chi connectivity index (χ2n) is 9.88. The lowest BCUT2D eigenvalue weighted by molar-refractivity contribution is 0.101. The summed E-state index contributed by atoms with van der Waals surface area (Å²) in [5.74, 6) is 1.57. The van der Waals surface area contributed by atoms with Crippen LogP contribution >= 0.6 is 0 Å². The van der Waals surface area contributed by atoms with E-state index in [1.807, 2.05) is 49.5 Å². The summed E-state index contributed by atoms with van der Waals surface area (Å²) < 4.78 is 3.32. The van der Waals surface area contributed by atoms with E-state index in [2.05, 4.69) is 26.0 Å². The molecule has 36 heavy (non-hydrogen) atoms. The predicted molar refractivity (Wildman–Crippen MR) is 140 cm³/mol. The van der Waals surface area contributed by atoms with Crippen LogP contribution in [-0.2, 0) is 7.05 Å². The zero-order chi connectivity index (χ0) is 24.6. The van der Waals surface area contributed by atoms with E-state index in [0.29, 0.717) is 28.9 Å². The number of anilines is 4. The number of carbonyl (C=O) groups is 1. The SMILES string of the molecule is Cn1nc(C2CC2)cc1NC(=O)c1cnc2c(Nc3ccccc3)cc(NC3CCC(N)CC3)nn12. The molecule has 4 aromatic rings. The lowest BCUT2D eigenvalue weighted by Gasteiger charge is -2.27. The first-order chi connectivity index (χ1) is 17.5. The molecule has 1 aromatic carbocycles. The first kappa shape index (κ1) is 22.5. The molecule has 0 saturated heterocycles. The van der Waals surface area contributed by atoms with Gasteiger partial charge in [0.2, 0.25) is 0 Å². The zero-order valence-electron chi connectivity index (χ0n) is 20.3. The predicted octanol–water partition coefficient (Wildman–Crippen LogP) is 4.02. The fourth-order valence-electron chi connectivity index (χ4n) is 4.80. The number of rotatable bonds is 7. The van der Waals surface area contributed by atoms with Gasteiger partial charge in [-0.25, -0.2) is 9.50 Å². The van der Waals surface area contributed by atoms with Gasteiger partial charge in [0.1, 0.15) is 11.6 Å². The van der Waals surface area contributed by atoms with E-state index in [0.717, 1.165) is 55.6 Å². The summed E-state index contributed by atoms with van der Waals surface area (Å²) in [5.41, 5.74) is 9.74. The Kier molecular flexibility index (Phi) is 5.80. The molecule has 3 aromatic heterocycles. The van der Waals surface area contributed by atoms with Gasteiger partial charge in [-0.3, -0.25) is 9.48 Å². The van der Waals surface area contributed by atoms with Gasteiger partial charge >= 0.3 is 0 Å². The third kappa shape index (κ3) is 4.64. The highest BCUT2D eigenvalue weighted by Gasteiger charge is 2.28. The smallest absolute Gasteiger partial charge is 0.277 e. The van der Waals surface area contributed by atoms with Crippen LogP contribution < -0.4 is 21.7 Å². The number of amides is 1. The molecule has 0 unspecified atom stereocenters. The van der Waals surface area contributed by atoms with E-state index in [1.54, 1.807) is 15.4 Å². The second kappa shape index (κ2) is 9.27. The second-order valence-corrected chi connectivity index (χ2v) is 9.88. The third-order valence-electron chi connectivity index (χ3n) is 7.01. The molecule has 2 aliphatic rings. The van der Waals surface area contributed by atoms with Gasteiger partial charge < -0.3 is 21.7 Å². The average molecular weight is 486 g/mol. The topological polar surface area (TPSA) is 127 Å². The molecule has 5 N–H and O–H groups in total. The number of aryl methyl sites for hydroxylation is 1. The monoisotopic (exact) mass is 485 g/mol. The van der Waals surface area contributed by atoms with Gasteiger partial charge in [0.25, 0.3) is 5.91 Å². The molecular formula is C26H31N9O. The molecule has 2 saturated carbocycles. The summed E-state index contributed by atoms with van der Waals surface area (Å²) in [4.78, 5) is 17.9. The summed E-state index contributed by atoms with van der Waals surface area (Å²) in [7, 11) is 1.84. The summed E-state index contributed by atoms with van der Waals surface area (Å²) in [6, 6.07) is 14.4. The van der Waals surface area contributed by atoms with Gasteiger partial charge in [0.15, 0.2) is 11.3 Å². The van der Waals surface area contributed by atoms with Crippen molar-refractivity contribution >= 4 is 34.6 Å². The van der Waals surface area contributed by atoms with Crippen molar-refractivity contribution in [2.45, 2.75) is 56.5 Å². The minimum Gasteiger partial charge on any atom is -0.366 e. The van der Waals surface area contributed by atoms with Gasteiger partial charge in [-0.05, 0) is 50.7 Å². The van der Waals surface area contributed by atoms with Crippen molar-refractivity contribution in [3.8, 4) is 0 Å². The first-order valence-corrected chi connectivity index (χ1v) is 12.6. The summed E-state index contributed by atoms with van der Waals surface area (Å²) in [6.45, 7) is 0. The van der Waals surface area contributed by atoms with Gasteiger partial charge in [-0.15, -0.1) is 5.10 Å². The van der Waals surface area contributed by atoms with E-state index in [1.165, 1.54) is 0 Å². The van der Waals surface area contributed by atoms with E-state index < -0.39 is 0 Å². The van der Waals surface area contributed by atoms with E-state index in [9.17, 15) is 4.79 Å². The number of nitrogens with two attached hydrogens (primary N) is 1. The molecule has 0 atom stereocenters. The number of imidazole rings is 1.